The highest BCUT2D eigenvalue weighted by atomic mass is 19.4. The highest BCUT2D eigenvalue weighted by molar-refractivity contribution is 5.84. The molecule has 1 aromatic carbocycles. The monoisotopic (exact) mass is 534 g/mol. The number of carbonyl (C=O) groups excluding carboxylic acids is 1. The van der Waals surface area contributed by atoms with E-state index in [0.717, 1.165) is 37.1 Å². The number of carbonyl (C=O) groups is 1. The van der Waals surface area contributed by atoms with Gasteiger partial charge < -0.3 is 15.4 Å². The Labute approximate surface area is 221 Å². The third kappa shape index (κ3) is 8.14. The zero-order chi connectivity index (χ0) is 27.7. The van der Waals surface area contributed by atoms with Crippen LogP contribution in [0.15, 0.2) is 30.6 Å². The van der Waals surface area contributed by atoms with Gasteiger partial charge >= 0.3 is 6.18 Å². The third-order valence-electron chi connectivity index (χ3n) is 5.96. The van der Waals surface area contributed by atoms with E-state index in [0.29, 0.717) is 43.9 Å². The molecule has 0 aliphatic carbocycles. The number of ether oxygens (including phenoxy) is 1. The number of aromatic nitrogens is 4. The molecule has 2 heterocycles. The van der Waals surface area contributed by atoms with Gasteiger partial charge in [0.05, 0.1) is 16.6 Å². The molecule has 11 heteroatoms. The first-order valence-corrected chi connectivity index (χ1v) is 13.2. The van der Waals surface area contributed by atoms with E-state index in [1.165, 1.54) is 12.4 Å². The molecule has 1 unspecified atom stereocenters. The number of hydrogen-bond donors (Lipinski definition) is 2. The molecule has 208 valence electrons. The second-order valence-corrected chi connectivity index (χ2v) is 9.63. The minimum absolute atomic E-state index is 0.127. The van der Waals surface area contributed by atoms with E-state index in [-0.39, 0.29) is 23.3 Å². The summed E-state index contributed by atoms with van der Waals surface area (Å²) in [5, 5.41) is 6.25. The number of unbranched alkanes of at least 4 members (excludes halogenated alkanes) is 1. The summed E-state index contributed by atoms with van der Waals surface area (Å²) in [6, 6.07) is 4.72. The highest BCUT2D eigenvalue weighted by Gasteiger charge is 2.31. The summed E-state index contributed by atoms with van der Waals surface area (Å²) < 4.78 is 46.4. The van der Waals surface area contributed by atoms with Crippen molar-refractivity contribution in [3.8, 4) is 5.95 Å². The van der Waals surface area contributed by atoms with Crippen LogP contribution in [0, 0.1) is 5.92 Å². The van der Waals surface area contributed by atoms with Crippen molar-refractivity contribution in [1.82, 2.24) is 24.8 Å². The van der Waals surface area contributed by atoms with Gasteiger partial charge in [0.1, 0.15) is 18.2 Å². The number of halogens is 3. The fraction of sp³-hybridized carbons (Fsp3) is 0.556. The van der Waals surface area contributed by atoms with Crippen molar-refractivity contribution in [2.24, 2.45) is 5.92 Å². The maximum atomic E-state index is 13.2. The summed E-state index contributed by atoms with van der Waals surface area (Å²) in [4.78, 5) is 26.5. The molecule has 8 nitrogen and oxygen atoms in total. The van der Waals surface area contributed by atoms with Crippen LogP contribution in [0.2, 0.25) is 0 Å². The Morgan fingerprint density at radius 2 is 1.92 bits per heavy atom. The quantitative estimate of drug-likeness (QED) is 0.264. The Balaban J connectivity index is 1.90. The smallest absolute Gasteiger partial charge is 0.382 e. The molecule has 38 heavy (non-hydrogen) atoms. The first-order valence-electron chi connectivity index (χ1n) is 13.2. The van der Waals surface area contributed by atoms with Gasteiger partial charge in [0.25, 0.3) is 0 Å². The van der Waals surface area contributed by atoms with E-state index < -0.39 is 17.8 Å². The number of alkyl halides is 3. The van der Waals surface area contributed by atoms with Crippen LogP contribution in [0.25, 0.3) is 17.0 Å². The Hall–Kier alpha value is -3.21. The summed E-state index contributed by atoms with van der Waals surface area (Å²) >= 11 is 0. The second kappa shape index (κ2) is 13.5. The lowest BCUT2D eigenvalue weighted by molar-refractivity contribution is -0.137. The van der Waals surface area contributed by atoms with Gasteiger partial charge in [0, 0.05) is 31.5 Å². The molecule has 0 radical (unpaired) electrons. The minimum Gasteiger partial charge on any atom is -0.382 e. The maximum absolute atomic E-state index is 13.2. The first-order chi connectivity index (χ1) is 18.1. The van der Waals surface area contributed by atoms with Crippen molar-refractivity contribution in [1.29, 1.82) is 0 Å². The number of nitrogens with zero attached hydrogens (tertiary/aromatic N) is 4. The van der Waals surface area contributed by atoms with Gasteiger partial charge in [-0.25, -0.2) is 9.97 Å². The summed E-state index contributed by atoms with van der Waals surface area (Å²) in [5.41, 5.74) is 0.663. The van der Waals surface area contributed by atoms with Crippen LogP contribution in [0.5, 0.6) is 0 Å². The SMILES string of the molecule is CCCCc1cc(NC(CC(C)C)C(=O)NCCCOCC)nc(-n2cnc3cc(C(F)(F)F)ccc32)n1. The molecule has 2 N–H and O–H groups in total. The van der Waals surface area contributed by atoms with Crippen LogP contribution in [-0.4, -0.2) is 51.2 Å². The van der Waals surface area contributed by atoms with Gasteiger partial charge in [-0.2, -0.15) is 18.2 Å². The lowest BCUT2D eigenvalue weighted by atomic mass is 10.0. The molecule has 0 aliphatic rings. The molecule has 0 fully saturated rings. The number of benzene rings is 1. The molecule has 0 spiro atoms. The van der Waals surface area contributed by atoms with Gasteiger partial charge in [-0.3, -0.25) is 9.36 Å². The van der Waals surface area contributed by atoms with Crippen molar-refractivity contribution in [3.63, 3.8) is 0 Å². The van der Waals surface area contributed by atoms with Crippen LogP contribution >= 0.6 is 0 Å². The molecule has 0 saturated carbocycles. The Morgan fingerprint density at radius 1 is 1.13 bits per heavy atom. The Morgan fingerprint density at radius 3 is 2.61 bits per heavy atom. The molecule has 1 atom stereocenters. The second-order valence-electron chi connectivity index (χ2n) is 9.63. The van der Waals surface area contributed by atoms with Gasteiger partial charge in [0.15, 0.2) is 0 Å². The van der Waals surface area contributed by atoms with Crippen molar-refractivity contribution in [2.45, 2.75) is 72.0 Å². The predicted molar refractivity (Wildman–Crippen MR) is 141 cm³/mol. The van der Waals surface area contributed by atoms with Crippen LogP contribution in [-0.2, 0) is 22.1 Å². The zero-order valence-electron chi connectivity index (χ0n) is 22.4. The van der Waals surface area contributed by atoms with Crippen molar-refractivity contribution < 1.29 is 22.7 Å². The fourth-order valence-corrected chi connectivity index (χ4v) is 4.03. The van der Waals surface area contributed by atoms with Crippen LogP contribution < -0.4 is 10.6 Å². The Kier molecular flexibility index (Phi) is 10.5. The average Bonchev–Trinajstić information content (AvgIpc) is 3.29. The molecule has 0 saturated heterocycles. The predicted octanol–water partition coefficient (Wildman–Crippen LogP) is 5.55. The van der Waals surface area contributed by atoms with Crippen LogP contribution in [0.4, 0.5) is 19.0 Å². The molecule has 2 aromatic heterocycles. The fourth-order valence-electron chi connectivity index (χ4n) is 4.03. The number of anilines is 1. The topological polar surface area (TPSA) is 94.0 Å². The average molecular weight is 535 g/mol. The summed E-state index contributed by atoms with van der Waals surface area (Å²) in [7, 11) is 0. The first kappa shape index (κ1) is 29.3. The number of amides is 1. The van der Waals surface area contributed by atoms with E-state index in [2.05, 4.69) is 32.5 Å². The molecule has 0 bridgehead atoms. The van der Waals surface area contributed by atoms with E-state index in [1.807, 2.05) is 26.8 Å². The molecular weight excluding hydrogens is 497 g/mol. The molecule has 1 amide bonds. The number of rotatable bonds is 14. The van der Waals surface area contributed by atoms with Crippen molar-refractivity contribution in [3.05, 3.63) is 41.9 Å². The van der Waals surface area contributed by atoms with E-state index in [1.54, 1.807) is 4.57 Å². The number of imidazole rings is 1. The Bertz CT molecular complexity index is 1200. The third-order valence-corrected chi connectivity index (χ3v) is 5.96. The van der Waals surface area contributed by atoms with Crippen LogP contribution in [0.1, 0.15) is 64.6 Å². The highest BCUT2D eigenvalue weighted by Crippen LogP contribution is 2.31. The number of aryl methyl sites for hydroxylation is 1. The van der Waals surface area contributed by atoms with Gasteiger partial charge in [-0.15, -0.1) is 0 Å². The van der Waals surface area contributed by atoms with Gasteiger partial charge in [-0.1, -0.05) is 27.2 Å². The lowest BCUT2D eigenvalue weighted by Gasteiger charge is -2.21. The lowest BCUT2D eigenvalue weighted by Crippen LogP contribution is -2.41. The van der Waals surface area contributed by atoms with Gasteiger partial charge in [0.2, 0.25) is 11.9 Å². The molecule has 3 aromatic rings. The van der Waals surface area contributed by atoms with E-state index in [9.17, 15) is 18.0 Å². The molecule has 0 aliphatic heterocycles. The summed E-state index contributed by atoms with van der Waals surface area (Å²) in [6.45, 7) is 9.82. The van der Waals surface area contributed by atoms with Gasteiger partial charge in [-0.05, 0) is 56.7 Å². The number of nitrogens with one attached hydrogen (secondary N) is 2. The van der Waals surface area contributed by atoms with E-state index >= 15 is 0 Å². The van der Waals surface area contributed by atoms with E-state index in [4.69, 9.17) is 4.74 Å². The van der Waals surface area contributed by atoms with Crippen molar-refractivity contribution in [2.75, 3.05) is 25.1 Å². The van der Waals surface area contributed by atoms with Crippen LogP contribution in [0.3, 0.4) is 0 Å². The maximum Gasteiger partial charge on any atom is 0.416 e. The summed E-state index contributed by atoms with van der Waals surface area (Å²) in [5.74, 6) is 0.884. The molecule has 3 rings (SSSR count). The standard InChI is InChI=1S/C27H37F3N6O2/c1-5-7-9-20-16-24(34-22(14-18(3)4)25(37)31-12-8-13-38-6-2)35-26(33-20)36-17-32-21-15-19(27(28,29)30)10-11-23(21)36/h10-11,15-18,22H,5-9,12-14H2,1-4H3,(H,31,37)(H,33,34,35). The number of hydrogen-bond acceptors (Lipinski definition) is 6. The van der Waals surface area contributed by atoms with Crippen molar-refractivity contribution >= 4 is 22.8 Å². The normalized spacial score (nSPS) is 12.7. The minimum atomic E-state index is -4.46. The largest absolute Gasteiger partial charge is 0.416 e. The molecular formula is C27H37F3N6O2. The number of fused-ring (bicyclic) bond motifs is 1. The zero-order valence-corrected chi connectivity index (χ0v) is 22.4. The summed E-state index contributed by atoms with van der Waals surface area (Å²) in [6.07, 6.45) is 0.850.